The molecule has 0 aliphatic carbocycles. The number of hydrogen-bond donors (Lipinski definition) is 3. The van der Waals surface area contributed by atoms with Crippen LogP contribution in [0.2, 0.25) is 18.1 Å². The van der Waals surface area contributed by atoms with Crippen molar-refractivity contribution in [3.8, 4) is 11.5 Å². The lowest BCUT2D eigenvalue weighted by Gasteiger charge is -2.39. The number of nitrogens with zero attached hydrogens (tertiary/aromatic N) is 3. The molecule has 0 saturated carbocycles. The van der Waals surface area contributed by atoms with Gasteiger partial charge in [-0.3, -0.25) is 33.3 Å². The maximum atomic E-state index is 14.3. The predicted molar refractivity (Wildman–Crippen MR) is 268 cm³/mol. The van der Waals surface area contributed by atoms with E-state index in [0.717, 1.165) is 10.1 Å². The van der Waals surface area contributed by atoms with Crippen molar-refractivity contribution in [3.63, 3.8) is 0 Å². The van der Waals surface area contributed by atoms with Gasteiger partial charge in [0, 0.05) is 30.8 Å². The Kier molecular flexibility index (Phi) is 16.7. The van der Waals surface area contributed by atoms with Crippen molar-refractivity contribution in [2.24, 2.45) is 0 Å². The van der Waals surface area contributed by atoms with Crippen molar-refractivity contribution in [3.05, 3.63) is 164 Å². The van der Waals surface area contributed by atoms with Crippen LogP contribution in [0.1, 0.15) is 68.3 Å². The highest BCUT2D eigenvalue weighted by atomic mass is 31.2. The zero-order chi connectivity index (χ0) is 52.0. The normalized spacial score (nSPS) is 21.2. The summed E-state index contributed by atoms with van der Waals surface area (Å²) >= 11 is 0. The molecule has 2 aliphatic rings. The van der Waals surface area contributed by atoms with Crippen molar-refractivity contribution in [1.29, 1.82) is 0 Å². The molecule has 1 unspecified atom stereocenters. The number of amides is 1. The second-order valence-electron chi connectivity index (χ2n) is 18.9. The van der Waals surface area contributed by atoms with Crippen LogP contribution in [0, 0.1) is 6.92 Å². The number of phosphoric ester groups is 1. The van der Waals surface area contributed by atoms with E-state index in [1.807, 2.05) is 92.0 Å². The number of phosphoric acid groups is 1. The molecule has 1 amide bonds. The van der Waals surface area contributed by atoms with Crippen molar-refractivity contribution in [1.82, 2.24) is 19.1 Å². The largest absolute Gasteiger partial charge is 0.497 e. The molecule has 20 nitrogen and oxygen atoms in total. The molecule has 0 spiro atoms. The molecular weight excluding hydrogens is 970 g/mol. The minimum Gasteiger partial charge on any atom is -0.497 e. The standard InChI is InChI=1S/C50H62N5O15PSi/c1-10-26-64-48(59)52-42-24-25-54(46(57)51-42)43-27-38(69-71(60,61)66-31-41-39(70-72(8,9)49(3,4)5)28-44(68-41)55-29-32(2)45(56)53-47(55)58)40(67-43)30-65-50(33-14-12-11-13-15-33,34-16-20-36(62-6)21-17-34)35-18-22-37(63-7)23-19-35/h10-25,29,38-41,43-44H,1,26-28,30-31H2,2-9H3,(H,60,61)(H,53,56,58)(H,51,52,57,59)/t38-,39-,40+,41+,43+,44+/m0/s1. The Hall–Kier alpha value is -6.00. The summed E-state index contributed by atoms with van der Waals surface area (Å²) in [5.41, 5.74) is -0.994. The Morgan fingerprint density at radius 1 is 0.875 bits per heavy atom. The Balaban J connectivity index is 1.21. The molecule has 72 heavy (non-hydrogen) atoms. The number of aryl methyl sites for hydroxylation is 1. The van der Waals surface area contributed by atoms with E-state index in [1.54, 1.807) is 21.1 Å². The van der Waals surface area contributed by atoms with Crippen LogP contribution in [0.15, 0.2) is 124 Å². The number of aromatic amines is 1. The zero-order valence-corrected chi connectivity index (χ0v) is 43.4. The summed E-state index contributed by atoms with van der Waals surface area (Å²) < 4.78 is 71.2. The second-order valence-corrected chi connectivity index (χ2v) is 25.0. The molecule has 7 atom stereocenters. The molecule has 2 aliphatic heterocycles. The first kappa shape index (κ1) is 53.8. The number of rotatable bonds is 20. The molecule has 22 heteroatoms. The van der Waals surface area contributed by atoms with E-state index in [-0.39, 0.29) is 42.5 Å². The second kappa shape index (κ2) is 22.4. The van der Waals surface area contributed by atoms with E-state index in [0.29, 0.717) is 22.6 Å². The molecule has 4 heterocycles. The van der Waals surface area contributed by atoms with Crippen molar-refractivity contribution < 1.29 is 56.1 Å². The molecule has 0 radical (unpaired) electrons. The van der Waals surface area contributed by atoms with Gasteiger partial charge in [-0.2, -0.15) is 4.98 Å². The van der Waals surface area contributed by atoms with Gasteiger partial charge in [0.05, 0.1) is 33.5 Å². The number of nitrogens with one attached hydrogen (secondary N) is 2. The molecule has 5 aromatic rings. The maximum absolute atomic E-state index is 14.3. The van der Waals surface area contributed by atoms with Gasteiger partial charge in [0.15, 0.2) is 8.32 Å². The summed E-state index contributed by atoms with van der Waals surface area (Å²) in [5.74, 6) is 1.12. The van der Waals surface area contributed by atoms with E-state index >= 15 is 0 Å². The number of methoxy groups -OCH3 is 2. The van der Waals surface area contributed by atoms with E-state index < -0.39 is 88.3 Å². The Bertz CT molecular complexity index is 2860. The molecule has 386 valence electrons. The molecule has 2 fully saturated rings. The van der Waals surface area contributed by atoms with Crippen LogP contribution in [-0.4, -0.2) is 96.9 Å². The molecule has 0 bridgehead atoms. The summed E-state index contributed by atoms with van der Waals surface area (Å²) in [6.07, 6.45) is -2.83. The average molecular weight is 1030 g/mol. The highest BCUT2D eigenvalue weighted by molar-refractivity contribution is 7.47. The SMILES string of the molecule is C=CCOC(=O)Nc1ccn([C@H]2C[C@H](OP(=O)(O)OC[C@H]3O[C@@H](n4cc(C)c(=O)[nH]c4=O)C[C@@H]3O[Si](C)(C)C(C)(C)C)[C@@H](COC(c3ccccc3)(c3ccc(OC)cc3)c3ccc(OC)cc3)O2)c(=O)n1. The third kappa shape index (κ3) is 12.2. The molecule has 7 rings (SSSR count). The van der Waals surface area contributed by atoms with E-state index in [9.17, 15) is 28.6 Å². The fourth-order valence-electron chi connectivity index (χ4n) is 8.26. The number of hydrogen-bond acceptors (Lipinski definition) is 15. The third-order valence-corrected chi connectivity index (χ3v) is 18.6. The fraction of sp³-hybridized carbons (Fsp3) is 0.420. The summed E-state index contributed by atoms with van der Waals surface area (Å²) in [4.78, 5) is 69.0. The van der Waals surface area contributed by atoms with Crippen molar-refractivity contribution in [2.45, 2.75) is 101 Å². The van der Waals surface area contributed by atoms with Crippen molar-refractivity contribution in [2.75, 3.05) is 39.4 Å². The monoisotopic (exact) mass is 1030 g/mol. The Morgan fingerprint density at radius 3 is 2.01 bits per heavy atom. The quantitative estimate of drug-likeness (QED) is 0.0299. The van der Waals surface area contributed by atoms with Gasteiger partial charge >= 0.3 is 25.3 Å². The van der Waals surface area contributed by atoms with Gasteiger partial charge in [-0.25, -0.2) is 18.9 Å². The molecule has 2 saturated heterocycles. The minimum atomic E-state index is -5.05. The summed E-state index contributed by atoms with van der Waals surface area (Å²) in [6, 6.07) is 25.6. The van der Waals surface area contributed by atoms with Crippen LogP contribution in [0.4, 0.5) is 10.6 Å². The summed E-state index contributed by atoms with van der Waals surface area (Å²) in [6.45, 7) is 14.5. The molecule has 2 aromatic heterocycles. The smallest absolute Gasteiger partial charge is 0.472 e. The van der Waals surface area contributed by atoms with Crippen LogP contribution in [-0.2, 0) is 42.6 Å². The lowest BCUT2D eigenvalue weighted by Crippen LogP contribution is -2.46. The first-order chi connectivity index (χ1) is 34.2. The van der Waals surface area contributed by atoms with E-state index in [4.69, 9.17) is 41.9 Å². The Morgan fingerprint density at radius 2 is 1.44 bits per heavy atom. The summed E-state index contributed by atoms with van der Waals surface area (Å²) in [7, 11) is -4.43. The summed E-state index contributed by atoms with van der Waals surface area (Å²) in [5, 5.41) is 2.15. The van der Waals surface area contributed by atoms with Crippen LogP contribution in [0.3, 0.4) is 0 Å². The highest BCUT2D eigenvalue weighted by Gasteiger charge is 2.48. The third-order valence-electron chi connectivity index (χ3n) is 13.1. The number of carbonyl (C=O) groups is 1. The van der Waals surface area contributed by atoms with Gasteiger partial charge in [-0.15, -0.1) is 0 Å². The topological polar surface area (TPSA) is 239 Å². The van der Waals surface area contributed by atoms with Gasteiger partial charge in [0.1, 0.15) is 60.3 Å². The van der Waals surface area contributed by atoms with Gasteiger partial charge < -0.3 is 37.7 Å². The highest BCUT2D eigenvalue weighted by Crippen LogP contribution is 2.51. The first-order valence-corrected chi connectivity index (χ1v) is 27.7. The maximum Gasteiger partial charge on any atom is 0.472 e. The molecule has 3 N–H and O–H groups in total. The lowest BCUT2D eigenvalue weighted by atomic mass is 9.80. The first-order valence-electron chi connectivity index (χ1n) is 23.3. The predicted octanol–water partition coefficient (Wildman–Crippen LogP) is 7.33. The number of ether oxygens (including phenoxy) is 6. The zero-order valence-electron chi connectivity index (χ0n) is 41.5. The number of anilines is 1. The van der Waals surface area contributed by atoms with Crippen LogP contribution >= 0.6 is 7.82 Å². The van der Waals surface area contributed by atoms with Gasteiger partial charge in [-0.1, -0.05) is 88.0 Å². The number of carbonyl (C=O) groups excluding carboxylic acids is 1. The molecular formula is C50H62N5O15PSi. The number of aromatic nitrogens is 4. The van der Waals surface area contributed by atoms with Gasteiger partial charge in [0.25, 0.3) is 5.56 Å². The molecule has 3 aromatic carbocycles. The van der Waals surface area contributed by atoms with Crippen LogP contribution < -0.4 is 31.7 Å². The lowest BCUT2D eigenvalue weighted by molar-refractivity contribution is -0.0951. The van der Waals surface area contributed by atoms with E-state index in [1.165, 1.54) is 29.1 Å². The minimum absolute atomic E-state index is 0.0676. The van der Waals surface area contributed by atoms with Gasteiger partial charge in [0.2, 0.25) is 0 Å². The fourth-order valence-corrected chi connectivity index (χ4v) is 10.6. The van der Waals surface area contributed by atoms with Crippen molar-refractivity contribution >= 4 is 28.1 Å². The Labute approximate surface area is 417 Å². The van der Waals surface area contributed by atoms with Gasteiger partial charge in [-0.05, 0) is 72.1 Å². The number of H-pyrrole nitrogens is 1. The number of benzene rings is 3. The van der Waals surface area contributed by atoms with E-state index in [2.05, 4.69) is 42.6 Å². The van der Waals surface area contributed by atoms with Crippen LogP contribution in [0.5, 0.6) is 11.5 Å². The average Bonchev–Trinajstić information content (AvgIpc) is 3.94. The van der Waals surface area contributed by atoms with Crippen LogP contribution in [0.25, 0.3) is 0 Å².